The Hall–Kier alpha value is -2.95. The Bertz CT molecular complexity index is 4060. The minimum Gasteiger partial charge on any atom is -0.462 e. The first-order chi connectivity index (χ1) is 60.3. The van der Waals surface area contributed by atoms with E-state index in [0.717, 1.165) is 23.1 Å². The summed E-state index contributed by atoms with van der Waals surface area (Å²) < 4.78 is 149. The lowest BCUT2D eigenvalue weighted by Crippen LogP contribution is -2.63. The Labute approximate surface area is 796 Å². The third-order valence-electron chi connectivity index (χ3n) is 29.5. The monoisotopic (exact) mass is 1950 g/mol. The fraction of sp³-hybridized carbons (Fsp3) is 0.786. The van der Waals surface area contributed by atoms with Gasteiger partial charge < -0.3 is 103 Å². The van der Waals surface area contributed by atoms with Crippen LogP contribution in [0.2, 0.25) is 72.5 Å². The van der Waals surface area contributed by atoms with Gasteiger partial charge in [0.1, 0.15) is 60.5 Å². The summed E-state index contributed by atoms with van der Waals surface area (Å²) in [6, 6.07) is 29.6. The summed E-state index contributed by atoms with van der Waals surface area (Å²) in [6.07, 6.45) is -16.0. The van der Waals surface area contributed by atoms with Gasteiger partial charge in [-0.15, -0.1) is 0 Å². The van der Waals surface area contributed by atoms with Crippen molar-refractivity contribution in [3.8, 4) is 0 Å². The zero-order valence-corrected chi connectivity index (χ0v) is 89.9. The van der Waals surface area contributed by atoms with Crippen LogP contribution in [0.25, 0.3) is 0 Å². The Morgan fingerprint density at radius 2 is 1.02 bits per heavy atom. The maximum Gasteiger partial charge on any atom is 0.308 e. The third kappa shape index (κ3) is 27.6. The number of nitrogens with one attached hydrogen (secondary N) is 1. The number of halogens is 3. The highest BCUT2D eigenvalue weighted by molar-refractivity contribution is 6.76. The van der Waals surface area contributed by atoms with Gasteiger partial charge in [0.15, 0.2) is 70.5 Å². The van der Waals surface area contributed by atoms with Crippen LogP contribution < -0.4 is 0 Å². The number of esters is 2. The number of fused-ring (bicyclic) bond motifs is 2. The first-order valence-electron chi connectivity index (χ1n) is 47.5. The number of ether oxygens (including phenoxy) is 18. The van der Waals surface area contributed by atoms with E-state index in [1.165, 1.54) is 0 Å². The molecule has 1 N–H and O–H groups in total. The highest BCUT2D eigenvalue weighted by Crippen LogP contribution is 2.51. The molecule has 7 aliphatic rings. The Kier molecular flexibility index (Phi) is 37.1. The van der Waals surface area contributed by atoms with Crippen molar-refractivity contribution < 1.29 is 113 Å². The largest absolute Gasteiger partial charge is 0.462 e. The van der Waals surface area contributed by atoms with E-state index < -0.39 is 195 Å². The number of hydrogen-bond acceptors (Lipinski definition) is 25. The van der Waals surface area contributed by atoms with Gasteiger partial charge in [0.2, 0.25) is 12.2 Å². The lowest BCUT2D eigenvalue weighted by Gasteiger charge is -2.48. The number of carbonyl (C=O) groups excluding carboxylic acids is 2. The molecule has 130 heavy (non-hydrogen) atoms. The minimum atomic E-state index is -2.71. The zero-order valence-electron chi connectivity index (χ0n) is 83.7. The molecule has 7 fully saturated rings. The summed E-state index contributed by atoms with van der Waals surface area (Å²) in [5, 5.41) is 8.31. The fourth-order valence-corrected chi connectivity index (χ4v) is 22.0. The second-order valence-corrected chi connectivity index (χ2v) is 65.6. The van der Waals surface area contributed by atoms with Crippen LogP contribution in [0.5, 0.6) is 0 Å². The van der Waals surface area contributed by atoms with Crippen molar-refractivity contribution in [1.82, 2.24) is 0 Å². The topological polar surface area (TPSA) is 261 Å². The third-order valence-corrected chi connectivity index (χ3v) is 48.1. The Morgan fingerprint density at radius 1 is 0.523 bits per heavy atom. The van der Waals surface area contributed by atoms with Crippen molar-refractivity contribution in [3.63, 3.8) is 0 Å². The van der Waals surface area contributed by atoms with E-state index in [2.05, 4.69) is 170 Å². The predicted molar refractivity (Wildman–Crippen MR) is 512 cm³/mol. The molecule has 28 atom stereocenters. The minimum absolute atomic E-state index is 0.0109. The number of carbonyl (C=O) groups is 2. The molecular formula is C98H160Cl3NO24Si4. The SMILES string of the molecule is CC[C@H](C)[C@H](C[C@@H](CC(=O)O[C@H]1C(C)O[C@H](OC(=N)C(Cl)(Cl)Cl)C(O[C@@H]2OC(C)[C@H](O[C@@H]3OC[C@@H](OCc4ccccc4)C(O[C@@H]4OC[C@]5(COCc6ccccc6)O[C@@H](c6ccccc6)OC45)C3C)C3OC(C)(C)OC32)C1C)O[Si](C)(C)C(C)(C)C)OC(=O)C[C@H](C[C@H](O[C@@H]1O[C@@H](CO[Si](C)(C)C(C)(C)C)C(O[Si](C)(C)C(C)(C)C)C1C)[C@@H](C)CC)O[Si](C)(C)C(C)(C)C. The summed E-state index contributed by atoms with van der Waals surface area (Å²) in [7, 11) is -9.81. The number of benzene rings is 3. The molecule has 0 aromatic heterocycles. The van der Waals surface area contributed by atoms with E-state index in [9.17, 15) is 0 Å². The normalized spacial score (nSPS) is 32.1. The van der Waals surface area contributed by atoms with Gasteiger partial charge >= 0.3 is 11.9 Å². The van der Waals surface area contributed by atoms with Crippen molar-refractivity contribution in [2.45, 2.75) is 434 Å². The van der Waals surface area contributed by atoms with E-state index in [4.69, 9.17) is 143 Å². The van der Waals surface area contributed by atoms with Gasteiger partial charge in [0.05, 0.1) is 95.2 Å². The molecule has 25 nitrogen and oxygen atoms in total. The molecular weight excluding hydrogens is 1790 g/mol. The first-order valence-corrected chi connectivity index (χ1v) is 60.3. The summed E-state index contributed by atoms with van der Waals surface area (Å²) in [5.41, 5.74) is 1.77. The molecule has 0 radical (unpaired) electrons. The molecule has 7 heterocycles. The van der Waals surface area contributed by atoms with Crippen LogP contribution in [0.15, 0.2) is 91.0 Å². The van der Waals surface area contributed by atoms with E-state index in [-0.39, 0.29) is 102 Å². The van der Waals surface area contributed by atoms with Crippen molar-refractivity contribution in [1.29, 1.82) is 5.41 Å². The standard InChI is InChI=1S/C98H160Cl3NO24Si4/c1-32-59(3)71(112-75(103)51-70(125-129(28,29)94(16,17)18)50-72(60(4)33-2)113-86-63(7)79(126-130(30,31)95(19,20)21)74(114-86)56-109-127(24,25)92(10,11)12)49-69(124-128(26,27)93(13,14)15)52-76(104)115-77-61(5)80(88(110-64(77)8)120-91(102)98(99,100)101)117-89-83-82(121-96(22,23)122-83)81(65(9)111-89)118-85-62(6)78(73(55-107-85)106-54-67-45-39-35-40-46-67)116-90-84-97(58-108-90,57-105-53-66-43-37-34-38-44-66)123-87(119-84)68-47-41-36-42-48-68/h34-48,59-65,69-74,77-90,102H,32-33,49-58H2,1-31H3/t59-,60-,61?,62?,63?,64?,65?,69-,70-,71-,72-,73+,74-,77+,78?,79?,80?,81-,82?,83?,84?,85-,86+,87-,88+,89-,90-,97-/m0/s1. The van der Waals surface area contributed by atoms with Gasteiger partial charge in [0.25, 0.3) is 3.79 Å². The van der Waals surface area contributed by atoms with Crippen LogP contribution >= 0.6 is 34.8 Å². The number of alkyl halides is 3. The van der Waals surface area contributed by atoms with Crippen LogP contribution in [0.4, 0.5) is 0 Å². The van der Waals surface area contributed by atoms with Crippen LogP contribution in [0, 0.1) is 35.0 Å². The molecule has 0 spiro atoms. The molecule has 10 rings (SSSR count). The van der Waals surface area contributed by atoms with Gasteiger partial charge in [-0.05, 0) is 130 Å². The molecule has 11 unspecified atom stereocenters. The highest BCUT2D eigenvalue weighted by Gasteiger charge is 2.64. The molecule has 32 heteroatoms. The average molecular weight is 1960 g/mol. The van der Waals surface area contributed by atoms with Gasteiger partial charge in [-0.25, -0.2) is 0 Å². The Balaban J connectivity index is 0.865. The first kappa shape index (κ1) is 109. The van der Waals surface area contributed by atoms with Crippen LogP contribution in [0.1, 0.15) is 221 Å². The predicted octanol–water partition coefficient (Wildman–Crippen LogP) is 21.6. The maximum atomic E-state index is 15.3. The molecule has 738 valence electrons. The summed E-state index contributed by atoms with van der Waals surface area (Å²) in [5.74, 6) is -4.59. The average Bonchev–Trinajstić information content (AvgIpc) is 1.57. The molecule has 3 aromatic carbocycles. The van der Waals surface area contributed by atoms with E-state index >= 15 is 9.59 Å². The lowest BCUT2D eigenvalue weighted by atomic mass is 9.90. The van der Waals surface area contributed by atoms with Crippen molar-refractivity contribution in [3.05, 3.63) is 108 Å². The zero-order chi connectivity index (χ0) is 96.2. The molecule has 0 bridgehead atoms. The molecule has 7 saturated heterocycles. The number of hydrogen-bond donors (Lipinski definition) is 1. The van der Waals surface area contributed by atoms with Crippen LogP contribution in [0.3, 0.4) is 0 Å². The lowest BCUT2D eigenvalue weighted by molar-refractivity contribution is -0.357. The summed E-state index contributed by atoms with van der Waals surface area (Å²) in [6.45, 7) is 67.3. The fourth-order valence-electron chi connectivity index (χ4n) is 16.8. The van der Waals surface area contributed by atoms with Gasteiger partial charge in [-0.1, -0.05) is 270 Å². The van der Waals surface area contributed by atoms with E-state index in [0.29, 0.717) is 26.1 Å². The van der Waals surface area contributed by atoms with Crippen molar-refractivity contribution >= 4 is 85.9 Å². The highest BCUT2D eigenvalue weighted by atomic mass is 35.6. The van der Waals surface area contributed by atoms with Crippen LogP contribution in [-0.2, 0) is 126 Å². The van der Waals surface area contributed by atoms with Gasteiger partial charge in [0, 0.05) is 29.7 Å². The Morgan fingerprint density at radius 3 is 1.58 bits per heavy atom. The quantitative estimate of drug-likeness (QED) is 0.0182. The smallest absolute Gasteiger partial charge is 0.308 e. The molecule has 7 aliphatic heterocycles. The van der Waals surface area contributed by atoms with Gasteiger partial charge in [-0.3, -0.25) is 15.0 Å². The maximum absolute atomic E-state index is 15.3. The molecule has 0 saturated carbocycles. The molecule has 0 aliphatic carbocycles. The summed E-state index contributed by atoms with van der Waals surface area (Å²) in [4.78, 5) is 30.6. The van der Waals surface area contributed by atoms with E-state index in [1.807, 2.05) is 112 Å². The molecule has 0 amide bonds. The number of rotatable bonds is 40. The van der Waals surface area contributed by atoms with E-state index in [1.54, 1.807) is 20.8 Å². The van der Waals surface area contributed by atoms with Crippen molar-refractivity contribution in [2.75, 3.05) is 26.4 Å². The second kappa shape index (κ2) is 44.3. The van der Waals surface area contributed by atoms with Crippen LogP contribution in [-0.4, -0.2) is 222 Å². The second-order valence-electron chi connectivity index (χ2n) is 44.3. The van der Waals surface area contributed by atoms with Crippen molar-refractivity contribution in [2.24, 2.45) is 29.6 Å². The summed E-state index contributed by atoms with van der Waals surface area (Å²) >= 11 is 19.1. The molecule has 3 aromatic rings. The van der Waals surface area contributed by atoms with Gasteiger partial charge in [-0.2, -0.15) is 0 Å².